The largest absolute Gasteiger partial charge is 0.465 e. The summed E-state index contributed by atoms with van der Waals surface area (Å²) in [5.41, 5.74) is 2.71. The van der Waals surface area contributed by atoms with Crippen LogP contribution in [0.25, 0.3) is 5.69 Å². The number of nitrogens with zero attached hydrogens (tertiary/aromatic N) is 4. The average molecular weight is 439 g/mol. The second-order valence-electron chi connectivity index (χ2n) is 7.35. The Kier molecular flexibility index (Phi) is 6.34. The lowest BCUT2D eigenvalue weighted by Crippen LogP contribution is -2.46. The van der Waals surface area contributed by atoms with Crippen LogP contribution in [0.2, 0.25) is 5.02 Å². The van der Waals surface area contributed by atoms with Gasteiger partial charge in [0, 0.05) is 32.7 Å². The van der Waals surface area contributed by atoms with E-state index in [0.29, 0.717) is 16.9 Å². The van der Waals surface area contributed by atoms with Gasteiger partial charge in [-0.15, -0.1) is 0 Å². The summed E-state index contributed by atoms with van der Waals surface area (Å²) in [6.07, 6.45) is 1.66. The maximum absolute atomic E-state index is 12.7. The second kappa shape index (κ2) is 9.32. The molecule has 31 heavy (non-hydrogen) atoms. The molecule has 3 aromatic rings. The number of anilines is 1. The van der Waals surface area contributed by atoms with Crippen molar-refractivity contribution < 1.29 is 9.53 Å². The summed E-state index contributed by atoms with van der Waals surface area (Å²) in [6, 6.07) is 16.7. The zero-order valence-corrected chi connectivity index (χ0v) is 18.0. The lowest BCUT2D eigenvalue weighted by Gasteiger charge is -2.36. The standard InChI is InChI=1S/C23H23ClN4O3/c1-31-23(30)18-9-7-17(8-10-18)16-26-11-13-27(14-12-26)20-15-25-28(22(29)21(20)24)19-5-3-2-4-6-19/h2-10,15H,11-14,16H2,1H3. The summed E-state index contributed by atoms with van der Waals surface area (Å²) in [4.78, 5) is 28.7. The number of halogens is 1. The molecule has 1 aliphatic rings. The van der Waals surface area contributed by atoms with Crippen LogP contribution in [0.3, 0.4) is 0 Å². The van der Waals surface area contributed by atoms with Crippen LogP contribution in [0.4, 0.5) is 5.69 Å². The molecule has 0 N–H and O–H groups in total. The minimum absolute atomic E-state index is 0.186. The molecule has 160 valence electrons. The van der Waals surface area contributed by atoms with Gasteiger partial charge in [-0.05, 0) is 29.8 Å². The van der Waals surface area contributed by atoms with Gasteiger partial charge in [-0.2, -0.15) is 9.78 Å². The number of ether oxygens (including phenoxy) is 1. The Bertz CT molecular complexity index is 1110. The molecule has 0 unspecified atom stereocenters. The fourth-order valence-corrected chi connectivity index (χ4v) is 3.92. The van der Waals surface area contributed by atoms with Crippen molar-refractivity contribution in [3.05, 3.63) is 87.3 Å². The molecule has 1 aromatic heterocycles. The first-order valence-electron chi connectivity index (χ1n) is 10.0. The topological polar surface area (TPSA) is 67.7 Å². The van der Waals surface area contributed by atoms with Crippen molar-refractivity contribution in [3.8, 4) is 5.69 Å². The second-order valence-corrected chi connectivity index (χ2v) is 7.73. The molecular formula is C23H23ClN4O3. The first-order valence-corrected chi connectivity index (χ1v) is 10.4. The molecule has 0 amide bonds. The van der Waals surface area contributed by atoms with Crippen LogP contribution in [0.1, 0.15) is 15.9 Å². The molecule has 0 atom stereocenters. The van der Waals surface area contributed by atoms with E-state index in [1.807, 2.05) is 42.5 Å². The molecule has 1 saturated heterocycles. The average Bonchev–Trinajstić information content (AvgIpc) is 2.82. The Morgan fingerprint density at radius 1 is 1.03 bits per heavy atom. The highest BCUT2D eigenvalue weighted by molar-refractivity contribution is 6.33. The number of hydrogen-bond donors (Lipinski definition) is 0. The summed E-state index contributed by atoms with van der Waals surface area (Å²) >= 11 is 6.43. The van der Waals surface area contributed by atoms with E-state index in [-0.39, 0.29) is 16.6 Å². The van der Waals surface area contributed by atoms with Crippen LogP contribution in [0.15, 0.2) is 65.6 Å². The summed E-state index contributed by atoms with van der Waals surface area (Å²) < 4.78 is 6.06. The van der Waals surface area contributed by atoms with E-state index < -0.39 is 0 Å². The van der Waals surface area contributed by atoms with E-state index in [1.54, 1.807) is 18.3 Å². The van der Waals surface area contributed by atoms with E-state index >= 15 is 0 Å². The first kappa shape index (κ1) is 21.1. The maximum atomic E-state index is 12.7. The normalized spacial score (nSPS) is 14.5. The van der Waals surface area contributed by atoms with Crippen LogP contribution in [0.5, 0.6) is 0 Å². The molecule has 4 rings (SSSR count). The van der Waals surface area contributed by atoms with E-state index in [2.05, 4.69) is 14.9 Å². The van der Waals surface area contributed by atoms with Crippen molar-refractivity contribution >= 4 is 23.3 Å². The molecule has 0 saturated carbocycles. The van der Waals surface area contributed by atoms with Gasteiger partial charge in [-0.25, -0.2) is 4.79 Å². The Morgan fingerprint density at radius 3 is 2.35 bits per heavy atom. The number of piperazine rings is 1. The molecular weight excluding hydrogens is 416 g/mol. The molecule has 2 heterocycles. The number of aromatic nitrogens is 2. The number of rotatable bonds is 5. The van der Waals surface area contributed by atoms with Crippen molar-refractivity contribution in [3.63, 3.8) is 0 Å². The number of carbonyl (C=O) groups excluding carboxylic acids is 1. The van der Waals surface area contributed by atoms with Crippen LogP contribution in [-0.2, 0) is 11.3 Å². The SMILES string of the molecule is COC(=O)c1ccc(CN2CCN(c3cnn(-c4ccccc4)c(=O)c3Cl)CC2)cc1. The zero-order valence-electron chi connectivity index (χ0n) is 17.2. The fourth-order valence-electron chi connectivity index (χ4n) is 3.67. The van der Waals surface area contributed by atoms with E-state index in [0.717, 1.165) is 38.3 Å². The van der Waals surface area contributed by atoms with Gasteiger partial charge in [0.25, 0.3) is 5.56 Å². The van der Waals surface area contributed by atoms with Gasteiger partial charge in [-0.1, -0.05) is 41.9 Å². The highest BCUT2D eigenvalue weighted by Gasteiger charge is 2.21. The number of carbonyl (C=O) groups is 1. The number of esters is 1. The number of methoxy groups -OCH3 is 1. The predicted octanol–water partition coefficient (Wildman–Crippen LogP) is 2.99. The van der Waals surface area contributed by atoms with Crippen molar-refractivity contribution in [2.45, 2.75) is 6.54 Å². The predicted molar refractivity (Wildman–Crippen MR) is 120 cm³/mol. The van der Waals surface area contributed by atoms with Crippen molar-refractivity contribution in [2.75, 3.05) is 38.2 Å². The Morgan fingerprint density at radius 2 is 1.71 bits per heavy atom. The monoisotopic (exact) mass is 438 g/mol. The van der Waals surface area contributed by atoms with Crippen LogP contribution in [-0.4, -0.2) is 53.9 Å². The van der Waals surface area contributed by atoms with Crippen molar-refractivity contribution in [1.82, 2.24) is 14.7 Å². The first-order chi connectivity index (χ1) is 15.1. The lowest BCUT2D eigenvalue weighted by molar-refractivity contribution is 0.0600. The van der Waals surface area contributed by atoms with E-state index in [4.69, 9.17) is 16.3 Å². The molecule has 0 spiro atoms. The minimum Gasteiger partial charge on any atom is -0.465 e. The molecule has 2 aromatic carbocycles. The smallest absolute Gasteiger partial charge is 0.337 e. The van der Waals surface area contributed by atoms with Gasteiger partial charge in [0.05, 0.1) is 30.2 Å². The maximum Gasteiger partial charge on any atom is 0.337 e. The third-order valence-corrected chi connectivity index (χ3v) is 5.75. The number of hydrogen-bond acceptors (Lipinski definition) is 6. The summed E-state index contributed by atoms with van der Waals surface area (Å²) in [5, 5.41) is 4.51. The van der Waals surface area contributed by atoms with Gasteiger partial charge in [0.1, 0.15) is 5.02 Å². The van der Waals surface area contributed by atoms with Gasteiger partial charge >= 0.3 is 5.97 Å². The summed E-state index contributed by atoms with van der Waals surface area (Å²) in [6.45, 7) is 3.94. The van der Waals surface area contributed by atoms with Gasteiger partial charge < -0.3 is 9.64 Å². The van der Waals surface area contributed by atoms with Crippen LogP contribution < -0.4 is 10.5 Å². The highest BCUT2D eigenvalue weighted by Crippen LogP contribution is 2.23. The summed E-state index contributed by atoms with van der Waals surface area (Å²) in [7, 11) is 1.38. The highest BCUT2D eigenvalue weighted by atomic mass is 35.5. The molecule has 0 aliphatic carbocycles. The van der Waals surface area contributed by atoms with E-state index in [9.17, 15) is 9.59 Å². The van der Waals surface area contributed by atoms with E-state index in [1.165, 1.54) is 11.8 Å². The van der Waals surface area contributed by atoms with Gasteiger partial charge in [0.15, 0.2) is 0 Å². The Labute approximate surface area is 185 Å². The lowest BCUT2D eigenvalue weighted by atomic mass is 10.1. The number of para-hydroxylation sites is 1. The van der Waals surface area contributed by atoms with Crippen LogP contribution >= 0.6 is 11.6 Å². The molecule has 7 nitrogen and oxygen atoms in total. The molecule has 0 radical (unpaired) electrons. The van der Waals surface area contributed by atoms with Crippen molar-refractivity contribution in [1.29, 1.82) is 0 Å². The van der Waals surface area contributed by atoms with Gasteiger partial charge in [-0.3, -0.25) is 9.69 Å². The minimum atomic E-state index is -0.333. The fraction of sp³-hybridized carbons (Fsp3) is 0.261. The third kappa shape index (κ3) is 4.62. The molecule has 1 aliphatic heterocycles. The number of benzene rings is 2. The Hall–Kier alpha value is -3.16. The molecule has 1 fully saturated rings. The van der Waals surface area contributed by atoms with Gasteiger partial charge in [0.2, 0.25) is 0 Å². The molecule has 8 heteroatoms. The molecule has 0 bridgehead atoms. The zero-order chi connectivity index (χ0) is 21.8. The third-order valence-electron chi connectivity index (χ3n) is 5.40. The summed E-state index contributed by atoms with van der Waals surface area (Å²) in [5.74, 6) is -0.333. The van der Waals surface area contributed by atoms with Crippen molar-refractivity contribution in [2.24, 2.45) is 0 Å². The quantitative estimate of drug-likeness (QED) is 0.570. The van der Waals surface area contributed by atoms with Crippen LogP contribution in [0, 0.1) is 0 Å². The Balaban J connectivity index is 1.40.